The molecule has 0 saturated heterocycles. The van der Waals surface area contributed by atoms with Crippen molar-refractivity contribution in [3.05, 3.63) is 68.6 Å². The predicted octanol–water partition coefficient (Wildman–Crippen LogP) is 3.76. The third kappa shape index (κ3) is 3.04. The fourth-order valence-corrected chi connectivity index (χ4v) is 3.39. The van der Waals surface area contributed by atoms with Crippen molar-refractivity contribution in [3.63, 3.8) is 0 Å². The van der Waals surface area contributed by atoms with E-state index in [1.165, 1.54) is 5.56 Å². The molecule has 0 spiro atoms. The number of nitrogens with one attached hydrogen (secondary N) is 2. The van der Waals surface area contributed by atoms with E-state index in [0.717, 1.165) is 35.5 Å². The third-order valence-electron chi connectivity index (χ3n) is 4.15. The summed E-state index contributed by atoms with van der Waals surface area (Å²) in [5.74, 6) is 0. The lowest BCUT2D eigenvalue weighted by Crippen LogP contribution is -2.29. The van der Waals surface area contributed by atoms with Crippen molar-refractivity contribution >= 4 is 11.6 Å². The first kappa shape index (κ1) is 14.4. The summed E-state index contributed by atoms with van der Waals surface area (Å²) in [5.41, 5.74) is 3.36. The molecule has 1 aliphatic rings. The Balaban J connectivity index is 1.84. The van der Waals surface area contributed by atoms with Gasteiger partial charge in [0.05, 0.1) is 0 Å². The van der Waals surface area contributed by atoms with Gasteiger partial charge in [-0.3, -0.25) is 4.79 Å². The van der Waals surface area contributed by atoms with E-state index in [-0.39, 0.29) is 17.6 Å². The highest BCUT2D eigenvalue weighted by Crippen LogP contribution is 2.31. The van der Waals surface area contributed by atoms with Crippen LogP contribution in [0.25, 0.3) is 0 Å². The first-order valence-electron chi connectivity index (χ1n) is 7.37. The third-order valence-corrected chi connectivity index (χ3v) is 4.50. The molecule has 0 fully saturated rings. The average Bonchev–Trinajstić information content (AvgIpc) is 2.47. The van der Waals surface area contributed by atoms with Crippen molar-refractivity contribution < 1.29 is 0 Å². The Kier molecular flexibility index (Phi) is 4.13. The molecule has 3 rings (SSSR count). The zero-order valence-corrected chi connectivity index (χ0v) is 12.8. The summed E-state index contributed by atoms with van der Waals surface area (Å²) in [6.07, 6.45) is 3.11. The van der Waals surface area contributed by atoms with Gasteiger partial charge in [0.1, 0.15) is 0 Å². The highest BCUT2D eigenvalue weighted by Gasteiger charge is 2.23. The summed E-state index contributed by atoms with van der Waals surface area (Å²) in [7, 11) is 0. The second kappa shape index (κ2) is 6.04. The standard InChI is InChI=1S/C17H19ClN2O/c1-11(12-5-2-3-6-14(12)18)19-15-7-4-8-16-13(15)9-10-17(21)20-16/h2-3,5-6,9-11,15,19H,4,7-8H2,1H3,(H,20,21)/t11-,15?/m1/s1. The summed E-state index contributed by atoms with van der Waals surface area (Å²) in [5, 5.41) is 4.43. The van der Waals surface area contributed by atoms with Crippen molar-refractivity contribution in [2.45, 2.75) is 38.3 Å². The number of benzene rings is 1. The van der Waals surface area contributed by atoms with Gasteiger partial charge in [-0.25, -0.2) is 0 Å². The Labute approximate surface area is 129 Å². The molecule has 0 amide bonds. The molecule has 0 saturated carbocycles. The Bertz CT molecular complexity index is 695. The van der Waals surface area contributed by atoms with E-state index in [1.807, 2.05) is 24.3 Å². The molecule has 0 bridgehead atoms. The van der Waals surface area contributed by atoms with Gasteiger partial charge in [-0.15, -0.1) is 0 Å². The van der Waals surface area contributed by atoms with Gasteiger partial charge in [0, 0.05) is 28.9 Å². The highest BCUT2D eigenvalue weighted by atomic mass is 35.5. The van der Waals surface area contributed by atoms with Crippen LogP contribution in [0.4, 0.5) is 0 Å². The molecule has 1 aromatic carbocycles. The van der Waals surface area contributed by atoms with E-state index < -0.39 is 0 Å². The van der Waals surface area contributed by atoms with Crippen LogP contribution in [0.1, 0.15) is 48.7 Å². The van der Waals surface area contributed by atoms with Gasteiger partial charge in [-0.05, 0) is 43.4 Å². The van der Waals surface area contributed by atoms with Gasteiger partial charge >= 0.3 is 0 Å². The molecule has 2 N–H and O–H groups in total. The van der Waals surface area contributed by atoms with Gasteiger partial charge in [0.15, 0.2) is 0 Å². The second-order valence-corrected chi connectivity index (χ2v) is 6.02. The maximum Gasteiger partial charge on any atom is 0.248 e. The van der Waals surface area contributed by atoms with Crippen LogP contribution in [-0.4, -0.2) is 4.98 Å². The molecule has 21 heavy (non-hydrogen) atoms. The molecule has 3 nitrogen and oxygen atoms in total. The number of fused-ring (bicyclic) bond motifs is 1. The van der Waals surface area contributed by atoms with Crippen LogP contribution in [0.15, 0.2) is 41.2 Å². The Morgan fingerprint density at radius 2 is 2.10 bits per heavy atom. The van der Waals surface area contributed by atoms with Crippen molar-refractivity contribution in [2.75, 3.05) is 0 Å². The zero-order valence-electron chi connectivity index (χ0n) is 12.0. The van der Waals surface area contributed by atoms with Gasteiger partial charge in [-0.1, -0.05) is 35.9 Å². The monoisotopic (exact) mass is 302 g/mol. The van der Waals surface area contributed by atoms with E-state index in [1.54, 1.807) is 6.07 Å². The molecular weight excluding hydrogens is 284 g/mol. The molecule has 0 radical (unpaired) electrons. The second-order valence-electron chi connectivity index (χ2n) is 5.61. The molecule has 1 aromatic heterocycles. The molecule has 1 heterocycles. The van der Waals surface area contributed by atoms with Crippen LogP contribution in [0.3, 0.4) is 0 Å². The van der Waals surface area contributed by atoms with E-state index in [2.05, 4.69) is 23.3 Å². The van der Waals surface area contributed by atoms with Crippen LogP contribution in [0, 0.1) is 0 Å². The number of hydrogen-bond acceptors (Lipinski definition) is 2. The summed E-state index contributed by atoms with van der Waals surface area (Å²) < 4.78 is 0. The van der Waals surface area contributed by atoms with Crippen LogP contribution in [0.5, 0.6) is 0 Å². The summed E-state index contributed by atoms with van der Waals surface area (Å²) in [6.45, 7) is 2.13. The number of aromatic amines is 1. The number of rotatable bonds is 3. The fourth-order valence-electron chi connectivity index (χ4n) is 3.09. The molecular formula is C17H19ClN2O. The lowest BCUT2D eigenvalue weighted by Gasteiger charge is -2.29. The van der Waals surface area contributed by atoms with Crippen molar-refractivity contribution in [2.24, 2.45) is 0 Å². The summed E-state index contributed by atoms with van der Waals surface area (Å²) >= 11 is 6.27. The number of H-pyrrole nitrogens is 1. The normalized spacial score (nSPS) is 19.0. The average molecular weight is 303 g/mol. The lowest BCUT2D eigenvalue weighted by atomic mass is 9.90. The number of aryl methyl sites for hydroxylation is 1. The van der Waals surface area contributed by atoms with Gasteiger partial charge in [-0.2, -0.15) is 0 Å². The summed E-state index contributed by atoms with van der Waals surface area (Å²) in [4.78, 5) is 14.4. The SMILES string of the molecule is C[C@@H](NC1CCCc2[nH]c(=O)ccc21)c1ccccc1Cl. The fraction of sp³-hybridized carbons (Fsp3) is 0.353. The molecule has 4 heteroatoms. The number of hydrogen-bond donors (Lipinski definition) is 2. The maximum absolute atomic E-state index is 11.4. The first-order valence-corrected chi connectivity index (χ1v) is 7.75. The number of pyridine rings is 1. The molecule has 1 aliphatic carbocycles. The molecule has 2 aromatic rings. The number of halogens is 1. The molecule has 2 atom stereocenters. The van der Waals surface area contributed by atoms with Gasteiger partial charge in [0.2, 0.25) is 5.56 Å². The summed E-state index contributed by atoms with van der Waals surface area (Å²) in [6, 6.07) is 11.9. The van der Waals surface area contributed by atoms with Gasteiger partial charge < -0.3 is 10.3 Å². The molecule has 110 valence electrons. The van der Waals surface area contributed by atoms with Crippen LogP contribution >= 0.6 is 11.6 Å². The van der Waals surface area contributed by atoms with E-state index in [0.29, 0.717) is 0 Å². The van der Waals surface area contributed by atoms with Gasteiger partial charge in [0.25, 0.3) is 0 Å². The van der Waals surface area contributed by atoms with E-state index in [4.69, 9.17) is 11.6 Å². The quantitative estimate of drug-likeness (QED) is 0.907. The first-order chi connectivity index (χ1) is 10.1. The minimum Gasteiger partial charge on any atom is -0.326 e. The van der Waals surface area contributed by atoms with Crippen LogP contribution in [0.2, 0.25) is 5.02 Å². The topological polar surface area (TPSA) is 44.9 Å². The van der Waals surface area contributed by atoms with Crippen LogP contribution < -0.4 is 10.9 Å². The van der Waals surface area contributed by atoms with Crippen molar-refractivity contribution in [3.8, 4) is 0 Å². The van der Waals surface area contributed by atoms with E-state index in [9.17, 15) is 4.79 Å². The predicted molar refractivity (Wildman–Crippen MR) is 85.7 cm³/mol. The van der Waals surface area contributed by atoms with Crippen LogP contribution in [-0.2, 0) is 6.42 Å². The highest BCUT2D eigenvalue weighted by molar-refractivity contribution is 6.31. The van der Waals surface area contributed by atoms with Crippen molar-refractivity contribution in [1.29, 1.82) is 0 Å². The van der Waals surface area contributed by atoms with E-state index >= 15 is 0 Å². The number of aromatic nitrogens is 1. The lowest BCUT2D eigenvalue weighted by molar-refractivity contribution is 0.411. The Morgan fingerprint density at radius 3 is 2.90 bits per heavy atom. The Morgan fingerprint density at radius 1 is 1.29 bits per heavy atom. The minimum atomic E-state index is -0.0199. The van der Waals surface area contributed by atoms with Crippen molar-refractivity contribution in [1.82, 2.24) is 10.3 Å². The minimum absolute atomic E-state index is 0.0199. The largest absolute Gasteiger partial charge is 0.326 e. The smallest absolute Gasteiger partial charge is 0.248 e. The zero-order chi connectivity index (χ0) is 14.8. The maximum atomic E-state index is 11.4. The molecule has 1 unspecified atom stereocenters. The Hall–Kier alpha value is -1.58. The molecule has 0 aliphatic heterocycles.